The van der Waals surface area contributed by atoms with Crippen LogP contribution in [0.25, 0.3) is 11.3 Å². The molecule has 1 aromatic heterocycles. The number of benzene rings is 1. The van der Waals surface area contributed by atoms with Crippen LogP contribution >= 0.6 is 0 Å². The molecule has 3 heteroatoms. The number of hydrogen-bond donors (Lipinski definition) is 0. The van der Waals surface area contributed by atoms with Gasteiger partial charge in [0, 0.05) is 18.5 Å². The normalized spacial score (nSPS) is 16.8. The predicted octanol–water partition coefficient (Wildman–Crippen LogP) is 4.12. The number of carbonyl (C=O) groups is 1. The first-order valence-electron chi connectivity index (χ1n) is 7.70. The van der Waals surface area contributed by atoms with E-state index in [0.29, 0.717) is 6.42 Å². The number of aromatic nitrogens is 2. The molecule has 0 N–H and O–H groups in total. The second-order valence-corrected chi connectivity index (χ2v) is 6.70. The van der Waals surface area contributed by atoms with Crippen LogP contribution in [0.4, 0.5) is 0 Å². The third-order valence-corrected chi connectivity index (χ3v) is 4.07. The molecule has 110 valence electrons. The summed E-state index contributed by atoms with van der Waals surface area (Å²) in [6, 6.07) is 10.2. The van der Waals surface area contributed by atoms with Crippen LogP contribution in [0.15, 0.2) is 30.3 Å². The minimum atomic E-state index is 0.0173. The Morgan fingerprint density at radius 1 is 1.19 bits per heavy atom. The largest absolute Gasteiger partial charge is 0.294 e. The number of Topliss-reactive ketones (excluding diaryl/α,β-unsaturated/α-hetero) is 1. The lowest BCUT2D eigenvalue weighted by Crippen LogP contribution is -2.26. The van der Waals surface area contributed by atoms with Crippen LogP contribution in [-0.4, -0.2) is 15.6 Å². The topological polar surface area (TPSA) is 34.9 Å². The van der Waals surface area contributed by atoms with Crippen LogP contribution in [0, 0.1) is 5.41 Å². The smallest absolute Gasteiger partial charge is 0.167 e. The highest BCUT2D eigenvalue weighted by atomic mass is 16.1. The lowest BCUT2D eigenvalue weighted by atomic mass is 9.75. The van der Waals surface area contributed by atoms with Crippen molar-refractivity contribution in [2.24, 2.45) is 5.41 Å². The average Bonchev–Trinajstić information content (AvgIpc) is 2.77. The highest BCUT2D eigenvalue weighted by Gasteiger charge is 2.36. The molecule has 0 spiro atoms. The summed E-state index contributed by atoms with van der Waals surface area (Å²) < 4.78 is 2.03. The number of hydrogen-bond acceptors (Lipinski definition) is 2. The summed E-state index contributed by atoms with van der Waals surface area (Å²) in [7, 11) is 0. The van der Waals surface area contributed by atoms with Crippen LogP contribution in [0.3, 0.4) is 0 Å². The van der Waals surface area contributed by atoms with Gasteiger partial charge in [0.1, 0.15) is 0 Å². The van der Waals surface area contributed by atoms with Crippen LogP contribution in [0.5, 0.6) is 0 Å². The highest BCUT2D eigenvalue weighted by molar-refractivity contribution is 6.04. The maximum absolute atomic E-state index is 12.7. The molecular formula is C18H22N2O. The quantitative estimate of drug-likeness (QED) is 0.849. The molecule has 0 saturated carbocycles. The van der Waals surface area contributed by atoms with Crippen LogP contribution in [-0.2, 0) is 13.0 Å². The Kier molecular flexibility index (Phi) is 3.44. The third-order valence-electron chi connectivity index (χ3n) is 4.07. The lowest BCUT2D eigenvalue weighted by Gasteiger charge is -2.27. The number of nitrogens with zero attached hydrogens (tertiary/aromatic N) is 2. The summed E-state index contributed by atoms with van der Waals surface area (Å²) >= 11 is 0. The Balaban J connectivity index is 2.19. The molecular weight excluding hydrogens is 260 g/mol. The first kappa shape index (κ1) is 14.1. The van der Waals surface area contributed by atoms with Crippen molar-refractivity contribution in [2.75, 3.05) is 0 Å². The van der Waals surface area contributed by atoms with Gasteiger partial charge in [-0.3, -0.25) is 9.48 Å². The maximum Gasteiger partial charge on any atom is 0.167 e. The van der Waals surface area contributed by atoms with Crippen molar-refractivity contribution >= 4 is 5.78 Å². The Bertz CT molecular complexity index is 668. The predicted molar refractivity (Wildman–Crippen MR) is 84.4 cm³/mol. The molecule has 1 aliphatic carbocycles. The van der Waals surface area contributed by atoms with E-state index in [1.807, 2.05) is 22.9 Å². The van der Waals surface area contributed by atoms with Crippen molar-refractivity contribution in [3.05, 3.63) is 41.6 Å². The fourth-order valence-electron chi connectivity index (χ4n) is 3.23. The summed E-state index contributed by atoms with van der Waals surface area (Å²) in [6.45, 7) is 7.29. The highest BCUT2D eigenvalue weighted by Crippen LogP contribution is 2.38. The fourth-order valence-corrected chi connectivity index (χ4v) is 3.23. The van der Waals surface area contributed by atoms with Gasteiger partial charge in [-0.05, 0) is 18.3 Å². The molecule has 21 heavy (non-hydrogen) atoms. The molecule has 0 saturated heterocycles. The number of carbonyl (C=O) groups excluding carboxylic acids is 1. The fraction of sp³-hybridized carbons (Fsp3) is 0.444. The third kappa shape index (κ3) is 2.53. The van der Waals surface area contributed by atoms with E-state index in [1.165, 1.54) is 0 Å². The molecule has 0 amide bonds. The number of ketones is 1. The van der Waals surface area contributed by atoms with Crippen molar-refractivity contribution in [1.29, 1.82) is 0 Å². The Morgan fingerprint density at radius 2 is 1.90 bits per heavy atom. The molecule has 0 radical (unpaired) electrons. The van der Waals surface area contributed by atoms with Gasteiger partial charge in [-0.25, -0.2) is 0 Å². The van der Waals surface area contributed by atoms with Crippen molar-refractivity contribution in [3.63, 3.8) is 0 Å². The summed E-state index contributed by atoms with van der Waals surface area (Å²) in [5.74, 6) is 0.238. The molecule has 2 aromatic rings. The standard InChI is InChI=1S/C18H22N2O/c1-4-10-20-17(13-8-6-5-7-9-13)16-14(19-20)11-18(2,3)12-15(16)21/h5-9H,4,10-12H2,1-3H3. The second kappa shape index (κ2) is 5.14. The monoisotopic (exact) mass is 282 g/mol. The number of aryl methyl sites for hydroxylation is 1. The van der Waals surface area contributed by atoms with Gasteiger partial charge < -0.3 is 0 Å². The number of fused-ring (bicyclic) bond motifs is 1. The molecule has 0 unspecified atom stereocenters. The lowest BCUT2D eigenvalue weighted by molar-refractivity contribution is 0.0912. The van der Waals surface area contributed by atoms with Gasteiger partial charge in [-0.2, -0.15) is 5.10 Å². The van der Waals surface area contributed by atoms with Gasteiger partial charge in [-0.1, -0.05) is 51.1 Å². The first-order valence-corrected chi connectivity index (χ1v) is 7.70. The molecule has 3 nitrogen and oxygen atoms in total. The minimum absolute atomic E-state index is 0.0173. The molecule has 0 bridgehead atoms. The van der Waals surface area contributed by atoms with Gasteiger partial charge in [0.25, 0.3) is 0 Å². The van der Waals surface area contributed by atoms with Gasteiger partial charge >= 0.3 is 0 Å². The molecule has 0 atom stereocenters. The first-order chi connectivity index (χ1) is 10.0. The van der Waals surface area contributed by atoms with Crippen molar-refractivity contribution < 1.29 is 4.79 Å². The zero-order chi connectivity index (χ0) is 15.0. The molecule has 1 aliphatic rings. The van der Waals surface area contributed by atoms with Gasteiger partial charge in [-0.15, -0.1) is 0 Å². The van der Waals surface area contributed by atoms with Gasteiger partial charge in [0.15, 0.2) is 5.78 Å². The molecule has 0 aliphatic heterocycles. The average molecular weight is 282 g/mol. The van der Waals surface area contributed by atoms with E-state index in [0.717, 1.165) is 41.9 Å². The van der Waals surface area contributed by atoms with Crippen LogP contribution in [0.2, 0.25) is 0 Å². The summed E-state index contributed by atoms with van der Waals surface area (Å²) in [4.78, 5) is 12.7. The van der Waals surface area contributed by atoms with Crippen molar-refractivity contribution in [2.45, 2.75) is 46.6 Å². The summed E-state index contributed by atoms with van der Waals surface area (Å²) in [5.41, 5.74) is 3.95. The van der Waals surface area contributed by atoms with Gasteiger partial charge in [0.05, 0.1) is 17.0 Å². The Morgan fingerprint density at radius 3 is 2.57 bits per heavy atom. The van der Waals surface area contributed by atoms with E-state index in [2.05, 4.69) is 32.9 Å². The summed E-state index contributed by atoms with van der Waals surface area (Å²) in [6.07, 6.45) is 2.50. The van der Waals surface area contributed by atoms with Crippen molar-refractivity contribution in [1.82, 2.24) is 9.78 Å². The Hall–Kier alpha value is -1.90. The molecule has 1 aromatic carbocycles. The summed E-state index contributed by atoms with van der Waals surface area (Å²) in [5, 5.41) is 4.76. The zero-order valence-electron chi connectivity index (χ0n) is 13.0. The molecule has 3 rings (SSSR count). The van der Waals surface area contributed by atoms with Crippen molar-refractivity contribution in [3.8, 4) is 11.3 Å². The van der Waals surface area contributed by atoms with E-state index in [1.54, 1.807) is 0 Å². The van der Waals surface area contributed by atoms with Crippen LogP contribution in [0.1, 0.15) is 49.7 Å². The SMILES string of the molecule is CCCn1nc2c(c1-c1ccccc1)C(=O)CC(C)(C)C2. The number of rotatable bonds is 3. The van der Waals surface area contributed by atoms with E-state index < -0.39 is 0 Å². The van der Waals surface area contributed by atoms with Crippen LogP contribution < -0.4 is 0 Å². The van der Waals surface area contributed by atoms with E-state index in [9.17, 15) is 4.79 Å². The molecule has 0 fully saturated rings. The Labute approximate surface area is 126 Å². The van der Waals surface area contributed by atoms with E-state index in [-0.39, 0.29) is 11.2 Å². The van der Waals surface area contributed by atoms with Gasteiger partial charge in [0.2, 0.25) is 0 Å². The zero-order valence-corrected chi connectivity index (χ0v) is 13.0. The minimum Gasteiger partial charge on any atom is -0.294 e. The second-order valence-electron chi connectivity index (χ2n) is 6.70. The van der Waals surface area contributed by atoms with E-state index >= 15 is 0 Å². The maximum atomic E-state index is 12.7. The van der Waals surface area contributed by atoms with E-state index in [4.69, 9.17) is 5.10 Å². The molecule has 1 heterocycles.